The van der Waals surface area contributed by atoms with Crippen LogP contribution in [-0.4, -0.2) is 22.8 Å². The predicted molar refractivity (Wildman–Crippen MR) is 55.5 cm³/mol. The Hall–Kier alpha value is -1.09. The van der Waals surface area contributed by atoms with Gasteiger partial charge < -0.3 is 14.9 Å². The van der Waals surface area contributed by atoms with Gasteiger partial charge in [0.1, 0.15) is 17.1 Å². The van der Waals surface area contributed by atoms with Crippen molar-refractivity contribution < 1.29 is 39.2 Å². The number of carbonyl (C=O) groups is 1. The fourth-order valence-electron chi connectivity index (χ4n) is 1.12. The van der Waals surface area contributed by atoms with Crippen LogP contribution in [0.2, 0.25) is 0 Å². The molecule has 0 heterocycles. The van der Waals surface area contributed by atoms with Crippen molar-refractivity contribution in [3.05, 3.63) is 23.8 Å². The molecule has 1 rings (SSSR count). The van der Waals surface area contributed by atoms with Crippen LogP contribution in [0.5, 0.6) is 11.5 Å². The van der Waals surface area contributed by atoms with E-state index >= 15 is 0 Å². The molecule has 1 aromatic rings. The summed E-state index contributed by atoms with van der Waals surface area (Å²) in [5, 5.41) is 18.0. The normalized spacial score (nSPS) is 9.31. The smallest absolute Gasteiger partial charge is 0.339 e. The molecular formula is C11H14O4Zn. The molecule has 0 spiro atoms. The van der Waals surface area contributed by atoms with Crippen molar-refractivity contribution in [1.29, 1.82) is 0 Å². The molecule has 0 aliphatic heterocycles. The van der Waals surface area contributed by atoms with Crippen LogP contribution in [0.15, 0.2) is 18.2 Å². The number of unbranched alkanes of at least 4 members (excludes halogenated alkanes) is 1. The van der Waals surface area contributed by atoms with E-state index in [0.717, 1.165) is 12.8 Å². The Balaban J connectivity index is 0.00000225. The van der Waals surface area contributed by atoms with Crippen LogP contribution in [0, 0.1) is 0 Å². The summed E-state index contributed by atoms with van der Waals surface area (Å²) < 4.78 is 5.31. The van der Waals surface area contributed by atoms with Gasteiger partial charge in [0.25, 0.3) is 0 Å². The minimum atomic E-state index is -1.15. The summed E-state index contributed by atoms with van der Waals surface area (Å²) in [6.07, 6.45) is 1.96. The summed E-state index contributed by atoms with van der Waals surface area (Å²) in [4.78, 5) is 10.6. The summed E-state index contributed by atoms with van der Waals surface area (Å²) >= 11 is 0. The van der Waals surface area contributed by atoms with Crippen LogP contribution in [-0.2, 0) is 19.5 Å². The monoisotopic (exact) mass is 274 g/mol. The standard InChI is InChI=1S/C11H14O4.Zn/c1-2-3-6-15-8-4-5-9(11(13)14)10(12)7-8;/h4-5,7,12H,2-3,6H2,1H3,(H,13,14);. The van der Waals surface area contributed by atoms with E-state index in [0.29, 0.717) is 12.4 Å². The molecule has 0 radical (unpaired) electrons. The van der Waals surface area contributed by atoms with Crippen LogP contribution < -0.4 is 4.74 Å². The second kappa shape index (κ2) is 7.23. The molecule has 1 aromatic carbocycles. The average Bonchev–Trinajstić information content (AvgIpc) is 2.17. The number of benzene rings is 1. The number of hydrogen-bond acceptors (Lipinski definition) is 3. The van der Waals surface area contributed by atoms with Gasteiger partial charge in [-0.2, -0.15) is 0 Å². The SMILES string of the molecule is CCCCOc1ccc(C(=O)O)c(O)c1.[Zn]. The zero-order chi connectivity index (χ0) is 11.3. The van der Waals surface area contributed by atoms with E-state index in [1.54, 1.807) is 6.07 Å². The van der Waals surface area contributed by atoms with Gasteiger partial charge in [0.15, 0.2) is 0 Å². The van der Waals surface area contributed by atoms with Crippen LogP contribution in [0.1, 0.15) is 30.1 Å². The fraction of sp³-hybridized carbons (Fsp3) is 0.364. The second-order valence-corrected chi connectivity index (χ2v) is 3.19. The van der Waals surface area contributed by atoms with E-state index in [4.69, 9.17) is 9.84 Å². The Kier molecular flexibility index (Phi) is 6.74. The number of aromatic carboxylic acids is 1. The third kappa shape index (κ3) is 4.19. The van der Waals surface area contributed by atoms with E-state index in [-0.39, 0.29) is 30.8 Å². The third-order valence-electron chi connectivity index (χ3n) is 1.97. The van der Waals surface area contributed by atoms with Gasteiger partial charge in [0.05, 0.1) is 6.61 Å². The van der Waals surface area contributed by atoms with Crippen LogP contribution in [0.4, 0.5) is 0 Å². The molecule has 5 heteroatoms. The molecule has 0 aliphatic carbocycles. The molecule has 0 saturated carbocycles. The molecule has 4 nitrogen and oxygen atoms in total. The van der Waals surface area contributed by atoms with Gasteiger partial charge in [0.2, 0.25) is 0 Å². The number of rotatable bonds is 5. The quantitative estimate of drug-likeness (QED) is 0.639. The number of hydrogen-bond donors (Lipinski definition) is 2. The molecule has 16 heavy (non-hydrogen) atoms. The first-order chi connectivity index (χ1) is 7.15. The van der Waals surface area contributed by atoms with E-state index in [9.17, 15) is 9.90 Å². The molecule has 0 bridgehead atoms. The molecule has 2 N–H and O–H groups in total. The minimum absolute atomic E-state index is 0. The maximum atomic E-state index is 10.6. The number of carboxylic acid groups (broad SMARTS) is 1. The van der Waals surface area contributed by atoms with Gasteiger partial charge in [-0.25, -0.2) is 4.79 Å². The molecule has 0 aromatic heterocycles. The molecule has 0 amide bonds. The zero-order valence-corrected chi connectivity index (χ0v) is 12.2. The van der Waals surface area contributed by atoms with Crippen LogP contribution >= 0.6 is 0 Å². The van der Waals surface area contributed by atoms with Crippen molar-refractivity contribution in [2.75, 3.05) is 6.61 Å². The van der Waals surface area contributed by atoms with Gasteiger partial charge in [0, 0.05) is 25.5 Å². The maximum Gasteiger partial charge on any atom is 0.339 e. The van der Waals surface area contributed by atoms with Gasteiger partial charge >= 0.3 is 5.97 Å². The number of ether oxygens (including phenoxy) is 1. The van der Waals surface area contributed by atoms with Gasteiger partial charge in [-0.05, 0) is 18.6 Å². The molecule has 0 fully saturated rings. The Bertz CT molecular complexity index is 352. The topological polar surface area (TPSA) is 66.8 Å². The Labute approximate surface area is 107 Å². The predicted octanol–water partition coefficient (Wildman–Crippen LogP) is 2.27. The van der Waals surface area contributed by atoms with Gasteiger partial charge in [-0.3, -0.25) is 0 Å². The molecule has 84 valence electrons. The molecular weight excluding hydrogens is 262 g/mol. The molecule has 0 unspecified atom stereocenters. The van der Waals surface area contributed by atoms with Crippen molar-refractivity contribution in [3.63, 3.8) is 0 Å². The van der Waals surface area contributed by atoms with Crippen molar-refractivity contribution in [3.8, 4) is 11.5 Å². The third-order valence-corrected chi connectivity index (χ3v) is 1.97. The van der Waals surface area contributed by atoms with E-state index < -0.39 is 5.97 Å². The average molecular weight is 276 g/mol. The van der Waals surface area contributed by atoms with Crippen LogP contribution in [0.25, 0.3) is 0 Å². The van der Waals surface area contributed by atoms with Crippen molar-refractivity contribution >= 4 is 5.97 Å². The summed E-state index contributed by atoms with van der Waals surface area (Å²) in [7, 11) is 0. The Morgan fingerprint density at radius 3 is 2.62 bits per heavy atom. The first kappa shape index (κ1) is 14.9. The second-order valence-electron chi connectivity index (χ2n) is 3.19. The Morgan fingerprint density at radius 2 is 2.12 bits per heavy atom. The van der Waals surface area contributed by atoms with E-state index in [2.05, 4.69) is 0 Å². The van der Waals surface area contributed by atoms with Crippen molar-refractivity contribution in [1.82, 2.24) is 0 Å². The summed E-state index contributed by atoms with van der Waals surface area (Å²) in [6.45, 7) is 2.62. The number of aromatic hydroxyl groups is 1. The van der Waals surface area contributed by atoms with Crippen molar-refractivity contribution in [2.24, 2.45) is 0 Å². The van der Waals surface area contributed by atoms with Gasteiger partial charge in [-0.15, -0.1) is 0 Å². The summed E-state index contributed by atoms with van der Waals surface area (Å²) in [6, 6.07) is 4.19. The molecule has 0 aliphatic rings. The zero-order valence-electron chi connectivity index (χ0n) is 9.27. The van der Waals surface area contributed by atoms with E-state index in [1.165, 1.54) is 12.1 Å². The minimum Gasteiger partial charge on any atom is -0.507 e. The van der Waals surface area contributed by atoms with Crippen molar-refractivity contribution in [2.45, 2.75) is 19.8 Å². The van der Waals surface area contributed by atoms with Crippen LogP contribution in [0.3, 0.4) is 0 Å². The van der Waals surface area contributed by atoms with E-state index in [1.807, 2.05) is 6.92 Å². The largest absolute Gasteiger partial charge is 0.507 e. The first-order valence-corrected chi connectivity index (χ1v) is 4.84. The number of carboxylic acids is 1. The maximum absolute atomic E-state index is 10.6. The molecule has 0 saturated heterocycles. The fourth-order valence-corrected chi connectivity index (χ4v) is 1.12. The Morgan fingerprint density at radius 1 is 1.44 bits per heavy atom. The summed E-state index contributed by atoms with van der Waals surface area (Å²) in [5.41, 5.74) is -0.113. The molecule has 0 atom stereocenters. The first-order valence-electron chi connectivity index (χ1n) is 4.84. The van der Waals surface area contributed by atoms with Gasteiger partial charge in [-0.1, -0.05) is 13.3 Å². The summed E-state index contributed by atoms with van der Waals surface area (Å²) in [5.74, 6) is -0.921. The number of phenols is 1.